The first kappa shape index (κ1) is 12.4. The Morgan fingerprint density at radius 2 is 1.74 bits per heavy atom. The maximum atomic E-state index is 11.8. The fourth-order valence-electron chi connectivity index (χ4n) is 2.00. The summed E-state index contributed by atoms with van der Waals surface area (Å²) in [6.45, 7) is 2.73. The van der Waals surface area contributed by atoms with Crippen molar-refractivity contribution in [2.24, 2.45) is 0 Å². The van der Waals surface area contributed by atoms with Crippen LogP contribution < -0.4 is 10.1 Å². The average Bonchev–Trinajstić information content (AvgIpc) is 2.42. The van der Waals surface area contributed by atoms with Crippen LogP contribution in [0, 0.1) is 0 Å². The summed E-state index contributed by atoms with van der Waals surface area (Å²) < 4.78 is 21.4. The first-order valence-corrected chi connectivity index (χ1v) is 6.06. The summed E-state index contributed by atoms with van der Waals surface area (Å²) in [7, 11) is 0. The molecule has 19 heavy (non-hydrogen) atoms. The lowest BCUT2D eigenvalue weighted by Crippen LogP contribution is -2.70. The van der Waals surface area contributed by atoms with E-state index >= 15 is 0 Å². The molecule has 0 unspecified atom stereocenters. The summed E-state index contributed by atoms with van der Waals surface area (Å²) in [4.78, 5) is 11.8. The molecule has 3 aliphatic heterocycles. The Morgan fingerprint density at radius 1 is 1.16 bits per heavy atom. The van der Waals surface area contributed by atoms with Crippen LogP contribution in [0.25, 0.3) is 0 Å². The second-order valence-electron chi connectivity index (χ2n) is 4.84. The number of ether oxygens (including phenoxy) is 4. The Kier molecular flexibility index (Phi) is 2.93. The van der Waals surface area contributed by atoms with E-state index in [4.69, 9.17) is 18.9 Å². The predicted octanol–water partition coefficient (Wildman–Crippen LogP) is 1.26. The summed E-state index contributed by atoms with van der Waals surface area (Å²) in [5.41, 5.74) is -0.677. The van der Waals surface area contributed by atoms with Crippen LogP contribution in [0.1, 0.15) is 6.92 Å². The molecule has 0 aromatic heterocycles. The third-order valence-corrected chi connectivity index (χ3v) is 3.15. The Bertz CT molecular complexity index is 451. The summed E-state index contributed by atoms with van der Waals surface area (Å²) >= 11 is 0. The summed E-state index contributed by atoms with van der Waals surface area (Å²) in [6.07, 6.45) is -0.549. The Labute approximate surface area is 110 Å². The van der Waals surface area contributed by atoms with Crippen molar-refractivity contribution in [1.29, 1.82) is 0 Å². The van der Waals surface area contributed by atoms with Crippen molar-refractivity contribution < 1.29 is 23.7 Å². The van der Waals surface area contributed by atoms with E-state index in [2.05, 4.69) is 5.32 Å². The van der Waals surface area contributed by atoms with Crippen LogP contribution in [0.15, 0.2) is 30.3 Å². The third-order valence-electron chi connectivity index (χ3n) is 3.15. The van der Waals surface area contributed by atoms with Crippen molar-refractivity contribution in [3.63, 3.8) is 0 Å². The van der Waals surface area contributed by atoms with Gasteiger partial charge in [0, 0.05) is 6.92 Å². The summed E-state index contributed by atoms with van der Waals surface area (Å²) in [5.74, 6) is -0.497. The minimum Gasteiger partial charge on any atom is -0.410 e. The monoisotopic (exact) mass is 265 g/mol. The molecule has 3 saturated heterocycles. The molecule has 4 rings (SSSR count). The van der Waals surface area contributed by atoms with E-state index in [1.807, 2.05) is 6.07 Å². The molecule has 1 N–H and O–H groups in total. The molecule has 3 fully saturated rings. The zero-order valence-corrected chi connectivity index (χ0v) is 10.5. The fourth-order valence-corrected chi connectivity index (χ4v) is 2.00. The molecular formula is C13H15NO5. The largest absolute Gasteiger partial charge is 0.413 e. The van der Waals surface area contributed by atoms with Crippen LogP contribution in [-0.2, 0) is 14.2 Å². The van der Waals surface area contributed by atoms with Crippen LogP contribution in [0.2, 0.25) is 0 Å². The van der Waals surface area contributed by atoms with Crippen LogP contribution in [0.4, 0.5) is 4.79 Å². The second kappa shape index (κ2) is 4.48. The predicted molar refractivity (Wildman–Crippen MR) is 64.6 cm³/mol. The van der Waals surface area contributed by atoms with Gasteiger partial charge in [0.2, 0.25) is 0 Å². The van der Waals surface area contributed by atoms with E-state index in [0.29, 0.717) is 25.6 Å². The van der Waals surface area contributed by atoms with E-state index < -0.39 is 17.6 Å². The van der Waals surface area contributed by atoms with E-state index in [0.717, 1.165) is 0 Å². The molecule has 3 heterocycles. The van der Waals surface area contributed by atoms with Gasteiger partial charge in [0.05, 0.1) is 19.8 Å². The van der Waals surface area contributed by atoms with E-state index in [1.54, 1.807) is 31.2 Å². The summed E-state index contributed by atoms with van der Waals surface area (Å²) in [6, 6.07) is 8.85. The molecule has 102 valence electrons. The molecule has 6 heteroatoms. The number of carbonyl (C=O) groups excluding carboxylic acids is 1. The fraction of sp³-hybridized carbons (Fsp3) is 0.462. The van der Waals surface area contributed by atoms with Crippen molar-refractivity contribution in [3.8, 4) is 5.75 Å². The first-order valence-electron chi connectivity index (χ1n) is 6.06. The number of fused-ring (bicyclic) bond motifs is 3. The maximum Gasteiger partial charge on any atom is 0.413 e. The molecule has 1 amide bonds. The highest BCUT2D eigenvalue weighted by molar-refractivity contribution is 5.71. The molecular weight excluding hydrogens is 250 g/mol. The van der Waals surface area contributed by atoms with Gasteiger partial charge in [-0.1, -0.05) is 18.2 Å². The number of benzene rings is 1. The van der Waals surface area contributed by atoms with Crippen molar-refractivity contribution in [2.75, 3.05) is 19.8 Å². The van der Waals surface area contributed by atoms with Gasteiger partial charge in [0.1, 0.15) is 11.3 Å². The number of carbonyl (C=O) groups is 1. The van der Waals surface area contributed by atoms with Gasteiger partial charge in [-0.25, -0.2) is 4.79 Å². The van der Waals surface area contributed by atoms with E-state index in [1.165, 1.54) is 0 Å². The molecule has 1 aromatic carbocycles. The second-order valence-corrected chi connectivity index (χ2v) is 4.84. The van der Waals surface area contributed by atoms with Gasteiger partial charge in [-0.2, -0.15) is 0 Å². The van der Waals surface area contributed by atoms with Gasteiger partial charge in [-0.3, -0.25) is 0 Å². The summed E-state index contributed by atoms with van der Waals surface area (Å²) in [5, 5.41) is 2.75. The number of amides is 1. The number of rotatable bonds is 2. The minimum atomic E-state index is -0.979. The molecule has 0 aliphatic carbocycles. The molecule has 0 radical (unpaired) electrons. The number of nitrogens with one attached hydrogen (secondary N) is 1. The number of hydrogen-bond acceptors (Lipinski definition) is 5. The van der Waals surface area contributed by atoms with Crippen molar-refractivity contribution in [3.05, 3.63) is 30.3 Å². The molecule has 6 nitrogen and oxygen atoms in total. The van der Waals surface area contributed by atoms with Crippen LogP contribution in [0.5, 0.6) is 5.75 Å². The van der Waals surface area contributed by atoms with Crippen molar-refractivity contribution in [2.45, 2.75) is 18.4 Å². The highest BCUT2D eigenvalue weighted by atomic mass is 16.9. The molecule has 0 atom stereocenters. The molecule has 0 saturated carbocycles. The molecule has 1 aromatic rings. The lowest BCUT2D eigenvalue weighted by atomic mass is 10.0. The van der Waals surface area contributed by atoms with Gasteiger partial charge < -0.3 is 24.3 Å². The van der Waals surface area contributed by atoms with Crippen molar-refractivity contribution in [1.82, 2.24) is 5.32 Å². The van der Waals surface area contributed by atoms with Crippen LogP contribution in [-0.4, -0.2) is 37.4 Å². The number of para-hydroxylation sites is 1. The SMILES string of the molecule is CC12OCC(NC(=O)Oc3ccccc3)(CO1)CO2. The zero-order valence-electron chi connectivity index (χ0n) is 10.5. The Balaban J connectivity index is 1.61. The minimum absolute atomic E-state index is 0.341. The lowest BCUT2D eigenvalue weighted by molar-refractivity contribution is -0.444. The average molecular weight is 265 g/mol. The van der Waals surface area contributed by atoms with Gasteiger partial charge >= 0.3 is 6.09 Å². The zero-order chi connectivity index (χ0) is 13.3. The molecule has 0 spiro atoms. The van der Waals surface area contributed by atoms with E-state index in [-0.39, 0.29) is 0 Å². The van der Waals surface area contributed by atoms with Crippen LogP contribution >= 0.6 is 0 Å². The van der Waals surface area contributed by atoms with Crippen LogP contribution in [0.3, 0.4) is 0 Å². The lowest BCUT2D eigenvalue weighted by Gasteiger charge is -2.50. The van der Waals surface area contributed by atoms with Gasteiger partial charge in [0.25, 0.3) is 5.97 Å². The molecule has 2 bridgehead atoms. The Morgan fingerprint density at radius 3 is 2.32 bits per heavy atom. The third kappa shape index (κ3) is 2.56. The topological polar surface area (TPSA) is 66.0 Å². The Hall–Kier alpha value is -1.63. The van der Waals surface area contributed by atoms with Gasteiger partial charge in [-0.15, -0.1) is 0 Å². The normalized spacial score (nSPS) is 32.9. The first-order chi connectivity index (χ1) is 9.09. The van der Waals surface area contributed by atoms with Gasteiger partial charge in [0.15, 0.2) is 0 Å². The van der Waals surface area contributed by atoms with Crippen molar-refractivity contribution >= 4 is 6.09 Å². The highest BCUT2D eigenvalue weighted by Gasteiger charge is 2.51. The maximum absolute atomic E-state index is 11.8. The van der Waals surface area contributed by atoms with Gasteiger partial charge in [-0.05, 0) is 12.1 Å². The van der Waals surface area contributed by atoms with E-state index in [9.17, 15) is 4.79 Å². The number of hydrogen-bond donors (Lipinski definition) is 1. The smallest absolute Gasteiger partial charge is 0.410 e. The quantitative estimate of drug-likeness (QED) is 0.872. The highest BCUT2D eigenvalue weighted by Crippen LogP contribution is 2.32. The standard InChI is InChI=1S/C13H15NO5/c1-12-16-7-13(8-17-12,9-18-12)14-11(15)19-10-5-3-2-4-6-10/h2-6H,7-9H2,1H3,(H,14,15). The molecule has 3 aliphatic rings.